The number of hydrogen-bond acceptors (Lipinski definition) is 3. The second-order valence-electron chi connectivity index (χ2n) is 6.48. The summed E-state index contributed by atoms with van der Waals surface area (Å²) in [7, 11) is 1.85. The molecule has 0 radical (unpaired) electrons. The SMILES string of the molecule is COC1(C(Cc2c(C)cccc2C)NN)CCCCCC1. The van der Waals surface area contributed by atoms with Crippen molar-refractivity contribution in [3.63, 3.8) is 0 Å². The minimum atomic E-state index is -0.125. The molecular weight excluding hydrogens is 260 g/mol. The molecule has 1 aromatic rings. The fourth-order valence-electron chi connectivity index (χ4n) is 3.79. The van der Waals surface area contributed by atoms with E-state index in [2.05, 4.69) is 37.5 Å². The van der Waals surface area contributed by atoms with Crippen LogP contribution < -0.4 is 11.3 Å². The van der Waals surface area contributed by atoms with Crippen molar-refractivity contribution in [3.8, 4) is 0 Å². The van der Waals surface area contributed by atoms with Gasteiger partial charge in [-0.05, 0) is 49.8 Å². The number of ether oxygens (including phenoxy) is 1. The normalized spacial score (nSPS) is 20.0. The van der Waals surface area contributed by atoms with Crippen LogP contribution in [0.1, 0.15) is 55.2 Å². The first-order valence-electron chi connectivity index (χ1n) is 8.19. The van der Waals surface area contributed by atoms with Gasteiger partial charge in [0.15, 0.2) is 0 Å². The van der Waals surface area contributed by atoms with Gasteiger partial charge in [-0.25, -0.2) is 0 Å². The average Bonchev–Trinajstić information content (AvgIpc) is 2.73. The van der Waals surface area contributed by atoms with Crippen molar-refractivity contribution in [1.29, 1.82) is 0 Å². The third kappa shape index (κ3) is 3.65. The highest BCUT2D eigenvalue weighted by atomic mass is 16.5. The molecule has 1 atom stereocenters. The van der Waals surface area contributed by atoms with Crippen molar-refractivity contribution in [1.82, 2.24) is 5.43 Å². The first-order valence-corrected chi connectivity index (χ1v) is 8.19. The Morgan fingerprint density at radius 2 is 1.71 bits per heavy atom. The Labute approximate surface area is 129 Å². The minimum absolute atomic E-state index is 0.125. The standard InChI is InChI=1S/C18H30N2O/c1-14-9-8-10-15(2)16(14)13-17(20-19)18(21-3)11-6-4-5-7-12-18/h8-10,17,20H,4-7,11-13,19H2,1-3H3. The van der Waals surface area contributed by atoms with Crippen LogP contribution in [0.4, 0.5) is 0 Å². The molecule has 1 fully saturated rings. The number of aryl methyl sites for hydroxylation is 2. The molecule has 1 saturated carbocycles. The summed E-state index contributed by atoms with van der Waals surface area (Å²) in [4.78, 5) is 0. The van der Waals surface area contributed by atoms with Crippen LogP contribution in [0.25, 0.3) is 0 Å². The molecule has 0 heterocycles. The maximum atomic E-state index is 6.02. The third-order valence-corrected chi connectivity index (χ3v) is 5.25. The second-order valence-corrected chi connectivity index (χ2v) is 6.48. The number of methoxy groups -OCH3 is 1. The van der Waals surface area contributed by atoms with Crippen molar-refractivity contribution >= 4 is 0 Å². The van der Waals surface area contributed by atoms with Crippen molar-refractivity contribution in [2.45, 2.75) is 70.4 Å². The van der Waals surface area contributed by atoms with Crippen LogP contribution >= 0.6 is 0 Å². The lowest BCUT2D eigenvalue weighted by Gasteiger charge is -2.39. The highest BCUT2D eigenvalue weighted by molar-refractivity contribution is 5.34. The largest absolute Gasteiger partial charge is 0.377 e. The average molecular weight is 290 g/mol. The predicted octanol–water partition coefficient (Wildman–Crippen LogP) is 3.42. The molecule has 0 saturated heterocycles. The van der Waals surface area contributed by atoms with Crippen LogP contribution in [-0.4, -0.2) is 18.8 Å². The molecule has 2 rings (SSSR count). The molecule has 21 heavy (non-hydrogen) atoms. The maximum Gasteiger partial charge on any atom is 0.0847 e. The zero-order valence-corrected chi connectivity index (χ0v) is 13.7. The van der Waals surface area contributed by atoms with Gasteiger partial charge in [0.1, 0.15) is 0 Å². The lowest BCUT2D eigenvalue weighted by molar-refractivity contribution is -0.0527. The van der Waals surface area contributed by atoms with Crippen LogP contribution in [0.15, 0.2) is 18.2 Å². The van der Waals surface area contributed by atoms with Crippen LogP contribution in [0.2, 0.25) is 0 Å². The van der Waals surface area contributed by atoms with E-state index in [0.29, 0.717) is 0 Å². The predicted molar refractivity (Wildman–Crippen MR) is 88.2 cm³/mol. The van der Waals surface area contributed by atoms with Gasteiger partial charge in [-0.2, -0.15) is 0 Å². The summed E-state index contributed by atoms with van der Waals surface area (Å²) in [5.41, 5.74) is 7.03. The molecule has 1 aromatic carbocycles. The van der Waals surface area contributed by atoms with Gasteiger partial charge in [0.05, 0.1) is 11.6 Å². The van der Waals surface area contributed by atoms with Crippen molar-refractivity contribution in [2.24, 2.45) is 5.84 Å². The first-order chi connectivity index (χ1) is 10.1. The molecular formula is C18H30N2O. The van der Waals surface area contributed by atoms with Gasteiger partial charge >= 0.3 is 0 Å². The van der Waals surface area contributed by atoms with Crippen LogP contribution in [0, 0.1) is 13.8 Å². The molecule has 0 amide bonds. The number of nitrogens with one attached hydrogen (secondary N) is 1. The molecule has 0 spiro atoms. The molecule has 3 nitrogen and oxygen atoms in total. The lowest BCUT2D eigenvalue weighted by Crippen LogP contribution is -2.55. The van der Waals surface area contributed by atoms with Crippen molar-refractivity contribution in [3.05, 3.63) is 34.9 Å². The molecule has 1 aliphatic carbocycles. The summed E-state index contributed by atoms with van der Waals surface area (Å²) >= 11 is 0. The van der Waals surface area contributed by atoms with E-state index in [0.717, 1.165) is 19.3 Å². The van der Waals surface area contributed by atoms with E-state index in [1.54, 1.807) is 0 Å². The first kappa shape index (κ1) is 16.5. The summed E-state index contributed by atoms with van der Waals surface area (Å²) in [6.45, 7) is 4.37. The van der Waals surface area contributed by atoms with Crippen LogP contribution in [0.3, 0.4) is 0 Å². The van der Waals surface area contributed by atoms with Crippen LogP contribution in [0.5, 0.6) is 0 Å². The van der Waals surface area contributed by atoms with Gasteiger partial charge in [0, 0.05) is 7.11 Å². The van der Waals surface area contributed by atoms with Crippen molar-refractivity contribution < 1.29 is 4.74 Å². The molecule has 118 valence electrons. The molecule has 0 aromatic heterocycles. The third-order valence-electron chi connectivity index (χ3n) is 5.25. The van der Waals surface area contributed by atoms with Gasteiger partial charge in [0.2, 0.25) is 0 Å². The van der Waals surface area contributed by atoms with E-state index in [-0.39, 0.29) is 11.6 Å². The summed E-state index contributed by atoms with van der Waals surface area (Å²) in [6, 6.07) is 6.65. The fourth-order valence-corrected chi connectivity index (χ4v) is 3.79. The number of rotatable bonds is 5. The molecule has 0 aliphatic heterocycles. The van der Waals surface area contributed by atoms with Gasteiger partial charge in [-0.15, -0.1) is 0 Å². The van der Waals surface area contributed by atoms with Gasteiger partial charge in [-0.1, -0.05) is 43.9 Å². The highest BCUT2D eigenvalue weighted by Gasteiger charge is 2.39. The monoisotopic (exact) mass is 290 g/mol. The van der Waals surface area contributed by atoms with Crippen LogP contribution in [-0.2, 0) is 11.2 Å². The smallest absolute Gasteiger partial charge is 0.0847 e. The topological polar surface area (TPSA) is 47.3 Å². The Morgan fingerprint density at radius 1 is 1.14 bits per heavy atom. The number of hydrazine groups is 1. The molecule has 0 bridgehead atoms. The van der Waals surface area contributed by atoms with E-state index < -0.39 is 0 Å². The fraction of sp³-hybridized carbons (Fsp3) is 0.667. The minimum Gasteiger partial charge on any atom is -0.377 e. The molecule has 1 aliphatic rings. The molecule has 3 N–H and O–H groups in total. The van der Waals surface area contributed by atoms with E-state index in [1.807, 2.05) is 7.11 Å². The maximum absolute atomic E-state index is 6.02. The van der Waals surface area contributed by atoms with E-state index in [4.69, 9.17) is 10.6 Å². The Hall–Kier alpha value is -0.900. The van der Waals surface area contributed by atoms with E-state index >= 15 is 0 Å². The molecule has 1 unspecified atom stereocenters. The quantitative estimate of drug-likeness (QED) is 0.496. The summed E-state index contributed by atoms with van der Waals surface area (Å²) < 4.78 is 6.02. The zero-order valence-electron chi connectivity index (χ0n) is 13.7. The molecule has 3 heteroatoms. The van der Waals surface area contributed by atoms with Gasteiger partial charge in [-0.3, -0.25) is 11.3 Å². The van der Waals surface area contributed by atoms with Gasteiger partial charge in [0.25, 0.3) is 0 Å². The zero-order chi connectivity index (χ0) is 15.3. The van der Waals surface area contributed by atoms with Gasteiger partial charge < -0.3 is 4.74 Å². The van der Waals surface area contributed by atoms with Crippen molar-refractivity contribution in [2.75, 3.05) is 7.11 Å². The Kier molecular flexibility index (Phi) is 5.80. The Bertz CT molecular complexity index is 430. The second kappa shape index (κ2) is 7.39. The number of benzene rings is 1. The summed E-state index contributed by atoms with van der Waals surface area (Å²) in [5.74, 6) is 5.93. The van der Waals surface area contributed by atoms with E-state index in [9.17, 15) is 0 Å². The number of hydrogen-bond donors (Lipinski definition) is 2. The lowest BCUT2D eigenvalue weighted by atomic mass is 9.81. The Balaban J connectivity index is 2.25. The number of nitrogens with two attached hydrogens (primary N) is 1. The summed E-state index contributed by atoms with van der Waals surface area (Å²) in [5, 5.41) is 0. The Morgan fingerprint density at radius 3 is 2.19 bits per heavy atom. The van der Waals surface area contributed by atoms with E-state index in [1.165, 1.54) is 42.4 Å². The summed E-state index contributed by atoms with van der Waals surface area (Å²) in [6.07, 6.45) is 8.23. The highest BCUT2D eigenvalue weighted by Crippen LogP contribution is 2.34.